The van der Waals surface area contributed by atoms with Gasteiger partial charge in [-0.2, -0.15) is 0 Å². The van der Waals surface area contributed by atoms with Crippen molar-refractivity contribution >= 4 is 11.0 Å². The van der Waals surface area contributed by atoms with Gasteiger partial charge in [0, 0.05) is 23.1 Å². The molecule has 1 atom stereocenters. The van der Waals surface area contributed by atoms with Crippen LogP contribution >= 0.6 is 0 Å². The smallest absolute Gasteiger partial charge is 0.336 e. The summed E-state index contributed by atoms with van der Waals surface area (Å²) in [6, 6.07) is 8.89. The summed E-state index contributed by atoms with van der Waals surface area (Å²) >= 11 is 0. The number of hydrogen-bond donors (Lipinski definition) is 2. The van der Waals surface area contributed by atoms with Gasteiger partial charge >= 0.3 is 5.63 Å². The van der Waals surface area contributed by atoms with Crippen LogP contribution in [0.15, 0.2) is 50.2 Å². The van der Waals surface area contributed by atoms with Crippen LogP contribution in [0.4, 0.5) is 0 Å². The van der Waals surface area contributed by atoms with E-state index in [1.807, 2.05) is 25.1 Å². The first kappa shape index (κ1) is 15.4. The standard InChI is InChI=1S/C18H19NO4/c1-3-12-7-14-13(8-18(21)23-17(14)9-15(12)20)10-19-11(2)16-5-4-6-22-16/h4-9,11,19-20H,3,10H2,1-2H3/p+1/t11-/m0/s1. The number of aryl methyl sites for hydroxylation is 1. The molecule has 5 heteroatoms. The molecule has 3 aromatic rings. The number of rotatable bonds is 5. The van der Waals surface area contributed by atoms with Crippen molar-refractivity contribution in [1.82, 2.24) is 0 Å². The first-order valence-electron chi connectivity index (χ1n) is 7.74. The molecule has 2 heterocycles. The van der Waals surface area contributed by atoms with E-state index < -0.39 is 5.63 Å². The Morgan fingerprint density at radius 2 is 2.09 bits per heavy atom. The Bertz CT molecular complexity index is 865. The van der Waals surface area contributed by atoms with E-state index in [-0.39, 0.29) is 11.8 Å². The molecule has 0 bridgehead atoms. The second kappa shape index (κ2) is 6.30. The van der Waals surface area contributed by atoms with Crippen LogP contribution < -0.4 is 10.9 Å². The lowest BCUT2D eigenvalue weighted by Crippen LogP contribution is -2.83. The number of nitrogens with two attached hydrogens (primary N) is 1. The van der Waals surface area contributed by atoms with Crippen molar-refractivity contribution in [3.05, 3.63) is 63.9 Å². The first-order chi connectivity index (χ1) is 11.1. The van der Waals surface area contributed by atoms with Crippen LogP contribution in [-0.4, -0.2) is 5.11 Å². The van der Waals surface area contributed by atoms with Crippen molar-refractivity contribution in [1.29, 1.82) is 0 Å². The summed E-state index contributed by atoms with van der Waals surface area (Å²) in [6.07, 6.45) is 2.37. The van der Waals surface area contributed by atoms with Crippen LogP contribution in [0, 0.1) is 0 Å². The molecule has 3 rings (SSSR count). The molecule has 23 heavy (non-hydrogen) atoms. The van der Waals surface area contributed by atoms with Gasteiger partial charge in [-0.05, 0) is 37.1 Å². The summed E-state index contributed by atoms with van der Waals surface area (Å²) in [5.41, 5.74) is 1.74. The first-order valence-corrected chi connectivity index (χ1v) is 7.74. The van der Waals surface area contributed by atoms with Crippen LogP contribution in [0.5, 0.6) is 5.75 Å². The van der Waals surface area contributed by atoms with Gasteiger partial charge in [0.1, 0.15) is 23.9 Å². The molecule has 0 amide bonds. The summed E-state index contributed by atoms with van der Waals surface area (Å²) in [6.45, 7) is 4.65. The highest BCUT2D eigenvalue weighted by molar-refractivity contribution is 5.82. The monoisotopic (exact) mass is 314 g/mol. The van der Waals surface area contributed by atoms with Gasteiger partial charge in [-0.3, -0.25) is 0 Å². The van der Waals surface area contributed by atoms with Gasteiger partial charge in [0.05, 0.1) is 6.26 Å². The summed E-state index contributed by atoms with van der Waals surface area (Å²) in [5.74, 6) is 1.05. The lowest BCUT2D eigenvalue weighted by molar-refractivity contribution is -0.709. The average molecular weight is 314 g/mol. The van der Waals surface area contributed by atoms with Crippen molar-refractivity contribution in [3.63, 3.8) is 0 Å². The van der Waals surface area contributed by atoms with Crippen LogP contribution in [0.2, 0.25) is 0 Å². The van der Waals surface area contributed by atoms with E-state index in [9.17, 15) is 9.90 Å². The number of aromatic hydroxyl groups is 1. The van der Waals surface area contributed by atoms with Crippen LogP contribution in [0.25, 0.3) is 11.0 Å². The van der Waals surface area contributed by atoms with Crippen molar-refractivity contribution < 1.29 is 19.3 Å². The quantitative estimate of drug-likeness (QED) is 0.709. The van der Waals surface area contributed by atoms with E-state index in [1.54, 1.807) is 6.26 Å². The van der Waals surface area contributed by atoms with Gasteiger partial charge < -0.3 is 19.3 Å². The topological polar surface area (TPSA) is 80.2 Å². The van der Waals surface area contributed by atoms with Crippen LogP contribution in [-0.2, 0) is 13.0 Å². The third-order valence-electron chi connectivity index (χ3n) is 4.09. The third-order valence-corrected chi connectivity index (χ3v) is 4.09. The summed E-state index contributed by atoms with van der Waals surface area (Å²) in [5, 5.41) is 12.9. The van der Waals surface area contributed by atoms with Gasteiger partial charge in [-0.15, -0.1) is 0 Å². The Hall–Kier alpha value is -2.53. The molecule has 0 aliphatic rings. The minimum Gasteiger partial charge on any atom is -0.508 e. The van der Waals surface area contributed by atoms with E-state index >= 15 is 0 Å². The van der Waals surface area contributed by atoms with Gasteiger partial charge in [-0.1, -0.05) is 6.92 Å². The fraction of sp³-hybridized carbons (Fsp3) is 0.278. The number of phenols is 1. The number of phenolic OH excluding ortho intramolecular Hbond substituents is 1. The Labute approximate surface area is 133 Å². The lowest BCUT2D eigenvalue weighted by Gasteiger charge is -2.11. The van der Waals surface area contributed by atoms with Gasteiger partial charge in [-0.25, -0.2) is 4.79 Å². The predicted octanol–water partition coefficient (Wildman–Crippen LogP) is 2.48. The lowest BCUT2D eigenvalue weighted by atomic mass is 10.0. The minimum atomic E-state index is -0.407. The highest BCUT2D eigenvalue weighted by Gasteiger charge is 2.15. The molecule has 1 aromatic carbocycles. The fourth-order valence-electron chi connectivity index (χ4n) is 2.73. The molecule has 0 saturated heterocycles. The van der Waals surface area contributed by atoms with Crippen LogP contribution in [0.1, 0.15) is 36.8 Å². The molecule has 0 fully saturated rings. The highest BCUT2D eigenvalue weighted by Crippen LogP contribution is 2.26. The molecule has 0 spiro atoms. The fourth-order valence-corrected chi connectivity index (χ4v) is 2.73. The number of furan rings is 1. The number of hydrogen-bond acceptors (Lipinski definition) is 4. The predicted molar refractivity (Wildman–Crippen MR) is 86.3 cm³/mol. The largest absolute Gasteiger partial charge is 0.508 e. The van der Waals surface area contributed by atoms with E-state index in [1.165, 1.54) is 12.1 Å². The zero-order valence-corrected chi connectivity index (χ0v) is 13.2. The van der Waals surface area contributed by atoms with E-state index in [4.69, 9.17) is 8.83 Å². The molecule has 0 unspecified atom stereocenters. The van der Waals surface area contributed by atoms with E-state index in [0.717, 1.165) is 22.3 Å². The minimum absolute atomic E-state index is 0.148. The van der Waals surface area contributed by atoms with Gasteiger partial charge in [0.2, 0.25) is 0 Å². The maximum atomic E-state index is 11.8. The third kappa shape index (κ3) is 3.14. The second-order valence-corrected chi connectivity index (χ2v) is 5.67. The maximum Gasteiger partial charge on any atom is 0.336 e. The molecule has 0 aliphatic heterocycles. The Kier molecular flexibility index (Phi) is 4.21. The number of benzene rings is 1. The van der Waals surface area contributed by atoms with Crippen molar-refractivity contribution in [2.24, 2.45) is 0 Å². The maximum absolute atomic E-state index is 11.8. The molecular weight excluding hydrogens is 294 g/mol. The Morgan fingerprint density at radius 1 is 1.26 bits per heavy atom. The van der Waals surface area contributed by atoms with Crippen LogP contribution in [0.3, 0.4) is 0 Å². The summed E-state index contributed by atoms with van der Waals surface area (Å²) in [4.78, 5) is 11.8. The number of quaternary nitrogens is 1. The molecular formula is C18H20NO4+. The van der Waals surface area contributed by atoms with E-state index in [0.29, 0.717) is 18.5 Å². The normalized spacial score (nSPS) is 12.6. The molecule has 0 saturated carbocycles. The summed E-state index contributed by atoms with van der Waals surface area (Å²) in [7, 11) is 0. The number of fused-ring (bicyclic) bond motifs is 1. The summed E-state index contributed by atoms with van der Waals surface area (Å²) < 4.78 is 10.6. The SMILES string of the molecule is CCc1cc2c(C[NH2+][C@@H](C)c3ccco3)cc(=O)oc2cc1O. The molecule has 2 aromatic heterocycles. The van der Waals surface area contributed by atoms with Crippen molar-refractivity contribution in [3.8, 4) is 5.75 Å². The average Bonchev–Trinajstić information content (AvgIpc) is 3.06. The molecule has 120 valence electrons. The Morgan fingerprint density at radius 3 is 2.78 bits per heavy atom. The zero-order valence-electron chi connectivity index (χ0n) is 13.2. The Balaban J connectivity index is 1.94. The molecule has 3 N–H and O–H groups in total. The highest BCUT2D eigenvalue weighted by atomic mass is 16.4. The van der Waals surface area contributed by atoms with Crippen molar-refractivity contribution in [2.45, 2.75) is 32.9 Å². The van der Waals surface area contributed by atoms with Crippen molar-refractivity contribution in [2.75, 3.05) is 0 Å². The molecule has 5 nitrogen and oxygen atoms in total. The van der Waals surface area contributed by atoms with Gasteiger partial charge in [0.15, 0.2) is 5.76 Å². The van der Waals surface area contributed by atoms with Gasteiger partial charge in [0.25, 0.3) is 0 Å². The zero-order chi connectivity index (χ0) is 16.4. The second-order valence-electron chi connectivity index (χ2n) is 5.67. The van der Waals surface area contributed by atoms with E-state index in [2.05, 4.69) is 12.2 Å². The molecule has 0 aliphatic carbocycles. The molecule has 0 radical (unpaired) electrons.